The number of carbonyl (C=O) groups is 1. The molecule has 7 heteroatoms. The zero-order chi connectivity index (χ0) is 21.6. The van der Waals surface area contributed by atoms with Gasteiger partial charge in [-0.3, -0.25) is 4.79 Å². The van der Waals surface area contributed by atoms with E-state index >= 15 is 0 Å². The minimum atomic E-state index is -0.216. The molecule has 1 amide bonds. The fourth-order valence-electron chi connectivity index (χ4n) is 3.40. The molecule has 2 heterocycles. The van der Waals surface area contributed by atoms with E-state index in [1.54, 1.807) is 0 Å². The van der Waals surface area contributed by atoms with E-state index < -0.39 is 0 Å². The highest BCUT2D eigenvalue weighted by molar-refractivity contribution is 5.92. The van der Waals surface area contributed by atoms with E-state index in [0.717, 1.165) is 47.0 Å². The lowest BCUT2D eigenvalue weighted by molar-refractivity contribution is -0.118. The molecule has 3 aromatic rings. The van der Waals surface area contributed by atoms with Gasteiger partial charge in [-0.05, 0) is 55.3 Å². The van der Waals surface area contributed by atoms with E-state index in [1.165, 1.54) is 0 Å². The summed E-state index contributed by atoms with van der Waals surface area (Å²) in [5.74, 6) is 1.35. The number of benzene rings is 2. The summed E-state index contributed by atoms with van der Waals surface area (Å²) in [5.41, 5.74) is 4.41. The van der Waals surface area contributed by atoms with Gasteiger partial charge in [0, 0.05) is 24.3 Å². The lowest BCUT2D eigenvalue weighted by atomic mass is 10.1. The van der Waals surface area contributed by atoms with Crippen LogP contribution in [-0.2, 0) is 9.53 Å². The van der Waals surface area contributed by atoms with Gasteiger partial charge in [0.15, 0.2) is 12.4 Å². The lowest BCUT2D eigenvalue weighted by Crippen LogP contribution is -2.36. The zero-order valence-electron chi connectivity index (χ0n) is 17.8. The van der Waals surface area contributed by atoms with Crippen LogP contribution in [0.4, 0.5) is 11.5 Å². The predicted molar refractivity (Wildman–Crippen MR) is 121 cm³/mol. The maximum atomic E-state index is 12.4. The molecular formula is C24H26N4O3. The quantitative estimate of drug-likeness (QED) is 0.659. The van der Waals surface area contributed by atoms with E-state index in [-0.39, 0.29) is 12.5 Å². The highest BCUT2D eigenvalue weighted by atomic mass is 16.5. The first-order valence-electron chi connectivity index (χ1n) is 10.4. The molecule has 1 aromatic heterocycles. The van der Waals surface area contributed by atoms with Crippen LogP contribution in [0.5, 0.6) is 5.75 Å². The van der Waals surface area contributed by atoms with Crippen LogP contribution >= 0.6 is 0 Å². The topological polar surface area (TPSA) is 76.6 Å². The number of aryl methyl sites for hydroxylation is 2. The zero-order valence-corrected chi connectivity index (χ0v) is 17.8. The highest BCUT2D eigenvalue weighted by Crippen LogP contribution is 2.23. The Bertz CT molecular complexity index is 1050. The van der Waals surface area contributed by atoms with Crippen molar-refractivity contribution in [2.45, 2.75) is 13.8 Å². The van der Waals surface area contributed by atoms with E-state index in [2.05, 4.69) is 20.4 Å². The van der Waals surface area contributed by atoms with Gasteiger partial charge in [0.05, 0.1) is 18.9 Å². The lowest BCUT2D eigenvalue weighted by Gasteiger charge is -2.27. The van der Waals surface area contributed by atoms with E-state index in [9.17, 15) is 4.79 Å². The third-order valence-electron chi connectivity index (χ3n) is 5.13. The first kappa shape index (κ1) is 20.8. The molecule has 0 aliphatic carbocycles. The molecule has 0 spiro atoms. The SMILES string of the molecule is Cc1ccc(C)c(OCC(=O)Nc2cccc(-c3ccc(N4CCOCC4)nn3)c2)c1. The summed E-state index contributed by atoms with van der Waals surface area (Å²) in [5, 5.41) is 11.6. The van der Waals surface area contributed by atoms with Gasteiger partial charge >= 0.3 is 0 Å². The number of rotatable bonds is 6. The molecule has 1 N–H and O–H groups in total. The number of nitrogens with zero attached hydrogens (tertiary/aromatic N) is 3. The summed E-state index contributed by atoms with van der Waals surface area (Å²) in [4.78, 5) is 14.5. The third-order valence-corrected chi connectivity index (χ3v) is 5.13. The van der Waals surface area contributed by atoms with Gasteiger partial charge < -0.3 is 19.7 Å². The second kappa shape index (κ2) is 9.57. The molecule has 7 nitrogen and oxygen atoms in total. The molecule has 0 unspecified atom stereocenters. The Morgan fingerprint density at radius 3 is 2.68 bits per heavy atom. The molecule has 1 aliphatic heterocycles. The molecule has 160 valence electrons. The Kier molecular flexibility index (Phi) is 6.43. The van der Waals surface area contributed by atoms with Crippen LogP contribution in [0.25, 0.3) is 11.3 Å². The molecule has 4 rings (SSSR count). The van der Waals surface area contributed by atoms with Crippen LogP contribution in [0, 0.1) is 13.8 Å². The summed E-state index contributed by atoms with van der Waals surface area (Å²) in [7, 11) is 0. The average molecular weight is 418 g/mol. The standard InChI is InChI=1S/C24H26N4O3/c1-17-6-7-18(2)22(14-17)31-16-24(29)25-20-5-3-4-19(15-20)21-8-9-23(27-26-21)28-10-12-30-13-11-28/h3-9,14-15H,10-13,16H2,1-2H3,(H,25,29). The van der Waals surface area contributed by atoms with Gasteiger partial charge in [-0.15, -0.1) is 10.2 Å². The molecule has 0 bridgehead atoms. The van der Waals surface area contributed by atoms with Crippen molar-refractivity contribution < 1.29 is 14.3 Å². The minimum Gasteiger partial charge on any atom is -0.483 e. The number of amides is 1. The number of nitrogens with one attached hydrogen (secondary N) is 1. The first-order chi connectivity index (χ1) is 15.1. The number of morpholine rings is 1. The van der Waals surface area contributed by atoms with Crippen LogP contribution < -0.4 is 15.0 Å². The van der Waals surface area contributed by atoms with Crippen molar-refractivity contribution in [3.05, 3.63) is 65.7 Å². The average Bonchev–Trinajstić information content (AvgIpc) is 2.80. The highest BCUT2D eigenvalue weighted by Gasteiger charge is 2.13. The maximum absolute atomic E-state index is 12.4. The van der Waals surface area contributed by atoms with Crippen LogP contribution in [-0.4, -0.2) is 49.0 Å². The summed E-state index contributed by atoms with van der Waals surface area (Å²) >= 11 is 0. The third kappa shape index (κ3) is 5.38. The van der Waals surface area contributed by atoms with Crippen LogP contribution in [0.1, 0.15) is 11.1 Å². The van der Waals surface area contributed by atoms with Gasteiger partial charge in [-0.25, -0.2) is 0 Å². The predicted octanol–water partition coefficient (Wildman–Crippen LogP) is 3.61. The Labute approximate surface area is 182 Å². The van der Waals surface area contributed by atoms with Crippen molar-refractivity contribution in [2.75, 3.05) is 43.1 Å². The van der Waals surface area contributed by atoms with Gasteiger partial charge in [-0.2, -0.15) is 0 Å². The molecule has 1 aliphatic rings. The Balaban J connectivity index is 1.38. The maximum Gasteiger partial charge on any atom is 0.262 e. The van der Waals surface area contributed by atoms with E-state index in [0.29, 0.717) is 18.9 Å². The number of ether oxygens (including phenoxy) is 2. The van der Waals surface area contributed by atoms with Crippen molar-refractivity contribution in [3.63, 3.8) is 0 Å². The van der Waals surface area contributed by atoms with Gasteiger partial charge in [0.25, 0.3) is 5.91 Å². The fourth-order valence-corrected chi connectivity index (χ4v) is 3.40. The largest absolute Gasteiger partial charge is 0.483 e. The van der Waals surface area contributed by atoms with Crippen molar-refractivity contribution in [2.24, 2.45) is 0 Å². The fraction of sp³-hybridized carbons (Fsp3) is 0.292. The second-order valence-electron chi connectivity index (χ2n) is 7.56. The summed E-state index contributed by atoms with van der Waals surface area (Å²) in [6.45, 7) is 6.95. The molecule has 0 atom stereocenters. The van der Waals surface area contributed by atoms with Crippen molar-refractivity contribution in [3.8, 4) is 17.0 Å². The first-order valence-corrected chi connectivity index (χ1v) is 10.4. The Hall–Kier alpha value is -3.45. The molecular weight excluding hydrogens is 392 g/mol. The molecule has 31 heavy (non-hydrogen) atoms. The van der Waals surface area contributed by atoms with Crippen LogP contribution in [0.2, 0.25) is 0 Å². The number of hydrogen-bond donors (Lipinski definition) is 1. The normalized spacial score (nSPS) is 13.7. The van der Waals surface area contributed by atoms with Gasteiger partial charge in [0.2, 0.25) is 0 Å². The van der Waals surface area contributed by atoms with E-state index in [1.807, 2.05) is 68.4 Å². The summed E-state index contributed by atoms with van der Waals surface area (Å²) in [6, 6.07) is 17.4. The molecule has 0 radical (unpaired) electrons. The Morgan fingerprint density at radius 2 is 1.90 bits per heavy atom. The van der Waals surface area contributed by atoms with Crippen LogP contribution in [0.15, 0.2) is 54.6 Å². The molecule has 2 aromatic carbocycles. The number of anilines is 2. The van der Waals surface area contributed by atoms with Gasteiger partial charge in [-0.1, -0.05) is 24.3 Å². The molecule has 1 saturated heterocycles. The second-order valence-corrected chi connectivity index (χ2v) is 7.56. The summed E-state index contributed by atoms with van der Waals surface area (Å²) in [6.07, 6.45) is 0. The Morgan fingerprint density at radius 1 is 1.06 bits per heavy atom. The summed E-state index contributed by atoms with van der Waals surface area (Å²) < 4.78 is 11.1. The van der Waals surface area contributed by atoms with E-state index in [4.69, 9.17) is 9.47 Å². The van der Waals surface area contributed by atoms with Crippen molar-refractivity contribution in [1.29, 1.82) is 0 Å². The minimum absolute atomic E-state index is 0.0530. The van der Waals surface area contributed by atoms with Crippen molar-refractivity contribution in [1.82, 2.24) is 10.2 Å². The monoisotopic (exact) mass is 418 g/mol. The van der Waals surface area contributed by atoms with Gasteiger partial charge in [0.1, 0.15) is 5.75 Å². The molecule has 1 fully saturated rings. The number of aromatic nitrogens is 2. The van der Waals surface area contributed by atoms with Crippen molar-refractivity contribution >= 4 is 17.4 Å². The number of carbonyl (C=O) groups excluding carboxylic acids is 1. The smallest absolute Gasteiger partial charge is 0.262 e. The molecule has 0 saturated carbocycles. The van der Waals surface area contributed by atoms with Crippen LogP contribution in [0.3, 0.4) is 0 Å². The number of hydrogen-bond acceptors (Lipinski definition) is 6.